The Morgan fingerprint density at radius 1 is 1.17 bits per heavy atom. The summed E-state index contributed by atoms with van der Waals surface area (Å²) < 4.78 is 133. The summed E-state index contributed by atoms with van der Waals surface area (Å²) in [6, 6.07) is 1.84. The van der Waals surface area contributed by atoms with E-state index < -0.39 is 83.9 Å². The third kappa shape index (κ3) is 4.51. The maximum atomic E-state index is 17.0. The van der Waals surface area contributed by atoms with Crippen molar-refractivity contribution in [1.82, 2.24) is 19.9 Å². The Kier molecular flexibility index (Phi) is 5.66. The normalized spacial score (nSPS) is 29.8. The molecule has 2 aromatic carbocycles. The van der Waals surface area contributed by atoms with Crippen LogP contribution in [0.5, 0.6) is 11.8 Å². The van der Waals surface area contributed by atoms with Crippen LogP contribution in [0.2, 0.25) is 0 Å². The van der Waals surface area contributed by atoms with Crippen molar-refractivity contribution in [2.75, 3.05) is 57.1 Å². The number of anilines is 2. The summed E-state index contributed by atoms with van der Waals surface area (Å²) in [4.78, 5) is 16.3. The first-order valence-electron chi connectivity index (χ1n) is 17.4. The maximum Gasteiger partial charge on any atom is 0.319 e. The molecule has 3 aliphatic heterocycles. The zero-order chi connectivity index (χ0) is 36.2. The van der Waals surface area contributed by atoms with Crippen molar-refractivity contribution < 1.29 is 43.0 Å². The molecule has 4 fully saturated rings. The molecule has 242 valence electrons. The minimum atomic E-state index is -3.23. The van der Waals surface area contributed by atoms with Crippen LogP contribution in [0, 0.1) is 23.4 Å². The van der Waals surface area contributed by atoms with E-state index in [0.717, 1.165) is 6.07 Å². The lowest BCUT2D eigenvalue weighted by atomic mass is 9.95. The number of ether oxygens (including phenoxy) is 3. The largest absolute Gasteiger partial charge is 0.493 e. The van der Waals surface area contributed by atoms with Gasteiger partial charge in [0.25, 0.3) is 0 Å². The van der Waals surface area contributed by atoms with E-state index in [4.69, 9.17) is 26.8 Å². The van der Waals surface area contributed by atoms with Gasteiger partial charge in [-0.2, -0.15) is 14.4 Å². The van der Waals surface area contributed by atoms with E-state index in [1.165, 1.54) is 18.3 Å². The van der Waals surface area contributed by atoms with Gasteiger partial charge in [-0.1, -0.05) is 0 Å². The number of halogens is 5. The van der Waals surface area contributed by atoms with Gasteiger partial charge < -0.3 is 24.8 Å². The molecule has 1 aliphatic carbocycles. The molecule has 4 aromatic rings. The molecule has 5 heterocycles. The number of alkyl halides is 2. The molecule has 14 heteroatoms. The van der Waals surface area contributed by atoms with E-state index in [-0.39, 0.29) is 66.0 Å². The van der Waals surface area contributed by atoms with Gasteiger partial charge in [0.05, 0.1) is 44.1 Å². The quantitative estimate of drug-likeness (QED) is 0.230. The molecule has 9 nitrogen and oxygen atoms in total. The van der Waals surface area contributed by atoms with Gasteiger partial charge in [0, 0.05) is 48.3 Å². The second-order valence-corrected chi connectivity index (χ2v) is 12.2. The molecule has 1 saturated carbocycles. The molecule has 2 aromatic heterocycles. The predicted molar refractivity (Wildman–Crippen MR) is 160 cm³/mol. The number of nitrogens with zero attached hydrogens (tertiary/aromatic N) is 5. The first kappa shape index (κ1) is 24.2. The highest BCUT2D eigenvalue weighted by Crippen LogP contribution is 2.46. The number of nitrogen functional groups attached to an aromatic ring is 1. The van der Waals surface area contributed by atoms with Crippen LogP contribution in [0.25, 0.3) is 32.9 Å². The zero-order valence-electron chi connectivity index (χ0n) is 29.2. The third-order valence-corrected chi connectivity index (χ3v) is 9.50. The Bertz CT molecular complexity index is 2080. The summed E-state index contributed by atoms with van der Waals surface area (Å²) in [7, 11) is -3.23. The van der Waals surface area contributed by atoms with Crippen LogP contribution in [0.4, 0.5) is 33.5 Å². The molecule has 4 aliphatic rings. The molecular weight excluding hydrogens is 611 g/mol. The van der Waals surface area contributed by atoms with Crippen LogP contribution in [-0.2, 0) is 4.74 Å². The third-order valence-electron chi connectivity index (χ3n) is 9.50. The van der Waals surface area contributed by atoms with E-state index in [1.54, 1.807) is 9.80 Å². The topological polar surface area (TPSA) is 98.9 Å². The van der Waals surface area contributed by atoms with E-state index in [2.05, 4.69) is 15.0 Å². The summed E-state index contributed by atoms with van der Waals surface area (Å²) >= 11 is 0. The van der Waals surface area contributed by atoms with Gasteiger partial charge in [0.2, 0.25) is 5.82 Å². The minimum Gasteiger partial charge on any atom is -0.493 e. The number of hydrogen-bond donors (Lipinski definition) is 1. The van der Waals surface area contributed by atoms with Crippen molar-refractivity contribution >= 4 is 33.2 Å². The van der Waals surface area contributed by atoms with E-state index >= 15 is 13.2 Å². The smallest absolute Gasteiger partial charge is 0.319 e. The van der Waals surface area contributed by atoms with Crippen molar-refractivity contribution in [2.45, 2.75) is 43.2 Å². The van der Waals surface area contributed by atoms with Crippen molar-refractivity contribution in [1.29, 1.82) is 0 Å². The molecule has 0 radical (unpaired) electrons. The molecule has 0 bridgehead atoms. The first-order valence-corrected chi connectivity index (χ1v) is 14.9. The van der Waals surface area contributed by atoms with Crippen molar-refractivity contribution in [2.24, 2.45) is 5.92 Å². The standard InChI is InChI=1S/C32H31F5N6O3/c1-44-29-22-15(8-21(34)24(29)36)7-17(38)9-18(22)26-25(37)27-19(11-39-26)30(43-5-6-45-13-20-23(35)28(20)43)41-31(40-27)46-14-32-3-2-4-42(32)12-16(33)10-32/h7-9,11,16,20,23,28H,2-6,10,12-14,38H2,1H3/t16-,20+,23+,28+,32+/m1/s1/i1D3,14D2. The minimum absolute atomic E-state index is 0.0151. The summed E-state index contributed by atoms with van der Waals surface area (Å²) in [5.41, 5.74) is 3.45. The summed E-state index contributed by atoms with van der Waals surface area (Å²) in [6.07, 6.45) is -0.651. The number of nitrogens with two attached hydrogens (primary N) is 1. The number of benzene rings is 2. The summed E-state index contributed by atoms with van der Waals surface area (Å²) in [5, 5.41) is -0.481. The Balaban J connectivity index is 1.33. The fourth-order valence-corrected chi connectivity index (χ4v) is 7.32. The number of hydrogen-bond acceptors (Lipinski definition) is 9. The van der Waals surface area contributed by atoms with Crippen molar-refractivity contribution in [3.63, 3.8) is 0 Å². The number of methoxy groups -OCH3 is 1. The predicted octanol–water partition coefficient (Wildman–Crippen LogP) is 4.98. The molecule has 5 atom stereocenters. The lowest BCUT2D eigenvalue weighted by molar-refractivity contribution is 0.107. The average Bonchev–Trinajstić information content (AvgIpc) is 3.40. The number of aromatic nitrogens is 3. The monoisotopic (exact) mass is 647 g/mol. The van der Waals surface area contributed by atoms with Gasteiger partial charge in [-0.15, -0.1) is 0 Å². The molecule has 0 spiro atoms. The first-order chi connectivity index (χ1) is 24.1. The average molecular weight is 648 g/mol. The van der Waals surface area contributed by atoms with Gasteiger partial charge in [-0.3, -0.25) is 9.88 Å². The van der Waals surface area contributed by atoms with Crippen LogP contribution in [0.3, 0.4) is 0 Å². The Morgan fingerprint density at radius 2 is 2.04 bits per heavy atom. The van der Waals surface area contributed by atoms with E-state index in [9.17, 15) is 8.78 Å². The zero-order valence-corrected chi connectivity index (χ0v) is 24.2. The molecular formula is C32H31F5N6O3. The van der Waals surface area contributed by atoms with E-state index in [1.807, 2.05) is 0 Å². The fraction of sp³-hybridized carbons (Fsp3) is 0.469. The highest BCUT2D eigenvalue weighted by atomic mass is 19.2. The number of fused-ring (bicyclic) bond motifs is 4. The van der Waals surface area contributed by atoms with Gasteiger partial charge in [0.15, 0.2) is 17.4 Å². The van der Waals surface area contributed by atoms with Gasteiger partial charge in [-0.25, -0.2) is 17.6 Å². The second-order valence-electron chi connectivity index (χ2n) is 12.2. The molecule has 8 rings (SSSR count). The lowest BCUT2D eigenvalue weighted by Gasteiger charge is -2.31. The molecule has 0 amide bonds. The highest BCUT2D eigenvalue weighted by Gasteiger charge is 2.56. The van der Waals surface area contributed by atoms with Gasteiger partial charge in [-0.05, 0) is 43.0 Å². The Morgan fingerprint density at radius 3 is 2.89 bits per heavy atom. The fourth-order valence-electron chi connectivity index (χ4n) is 7.32. The molecule has 46 heavy (non-hydrogen) atoms. The SMILES string of the molecule is [2H]C([2H])([2H])Oc1c(F)c(F)cc2cc(N)cc(-c3ncc4c(N5CCOC[C@H]6[C@H](F)[C@H]65)nc(OC([2H])([2H])[C@@]56CCCN5C[C@H](F)C6)nc4c3F)c12. The van der Waals surface area contributed by atoms with Crippen molar-refractivity contribution in [3.8, 4) is 23.0 Å². The van der Waals surface area contributed by atoms with Gasteiger partial charge >= 0.3 is 6.01 Å². The maximum absolute atomic E-state index is 17.0. The van der Waals surface area contributed by atoms with Crippen molar-refractivity contribution in [3.05, 3.63) is 41.8 Å². The van der Waals surface area contributed by atoms with Crippen LogP contribution >= 0.6 is 0 Å². The number of pyridine rings is 1. The van der Waals surface area contributed by atoms with Crippen LogP contribution < -0.4 is 20.1 Å². The van der Waals surface area contributed by atoms with Crippen LogP contribution in [0.1, 0.15) is 26.1 Å². The van der Waals surface area contributed by atoms with E-state index in [0.29, 0.717) is 19.4 Å². The molecule has 0 unspecified atom stereocenters. The molecule has 2 N–H and O–H groups in total. The van der Waals surface area contributed by atoms with Crippen LogP contribution in [0.15, 0.2) is 24.4 Å². The summed E-state index contributed by atoms with van der Waals surface area (Å²) in [6.45, 7) is -1.62. The van der Waals surface area contributed by atoms with Crippen LogP contribution in [-0.4, -0.2) is 90.2 Å². The highest BCUT2D eigenvalue weighted by molar-refractivity contribution is 6.04. The van der Waals surface area contributed by atoms with Gasteiger partial charge in [0.1, 0.15) is 35.9 Å². The Hall–Kier alpha value is -4.04. The summed E-state index contributed by atoms with van der Waals surface area (Å²) in [5.74, 6) is -5.79. The Labute approximate surface area is 267 Å². The second kappa shape index (κ2) is 10.8. The lowest BCUT2D eigenvalue weighted by Crippen LogP contribution is -2.43. The molecule has 3 saturated heterocycles. The number of rotatable bonds is 6.